The third kappa shape index (κ3) is 5.71. The van der Waals surface area contributed by atoms with E-state index >= 15 is 0 Å². The molecule has 1 rings (SSSR count). The van der Waals surface area contributed by atoms with Gasteiger partial charge in [0.05, 0.1) is 6.61 Å². The highest BCUT2D eigenvalue weighted by atomic mass is 16.5. The predicted octanol–water partition coefficient (Wildman–Crippen LogP) is -0.956. The quantitative estimate of drug-likeness (QED) is 0.599. The van der Waals surface area contributed by atoms with Crippen molar-refractivity contribution >= 4 is 5.91 Å². The van der Waals surface area contributed by atoms with Crippen molar-refractivity contribution in [3.8, 4) is 0 Å². The predicted molar refractivity (Wildman–Crippen MR) is 58.8 cm³/mol. The molecule has 1 aliphatic rings. The summed E-state index contributed by atoms with van der Waals surface area (Å²) in [4.78, 5) is 13.6. The van der Waals surface area contributed by atoms with E-state index in [1.165, 1.54) is 0 Å². The minimum atomic E-state index is 0.0759. The molecule has 5 nitrogen and oxygen atoms in total. The third-order valence-corrected chi connectivity index (χ3v) is 2.49. The maximum atomic E-state index is 11.2. The minimum Gasteiger partial charge on any atom is -0.384 e. The first-order valence-electron chi connectivity index (χ1n) is 5.51. The SMILES string of the molecule is COCCC(=O)NCCN1CCNCC1. The van der Waals surface area contributed by atoms with Crippen molar-refractivity contribution < 1.29 is 9.53 Å². The second-order valence-corrected chi connectivity index (χ2v) is 3.68. The van der Waals surface area contributed by atoms with Crippen molar-refractivity contribution in [1.29, 1.82) is 0 Å². The first-order chi connectivity index (χ1) is 7.33. The molecule has 1 saturated heterocycles. The number of nitrogens with one attached hydrogen (secondary N) is 2. The van der Waals surface area contributed by atoms with E-state index in [0.29, 0.717) is 13.0 Å². The lowest BCUT2D eigenvalue weighted by Gasteiger charge is -2.27. The molecule has 1 heterocycles. The van der Waals surface area contributed by atoms with Gasteiger partial charge < -0.3 is 15.4 Å². The standard InChI is InChI=1S/C10H21N3O2/c1-15-9-2-10(14)12-5-8-13-6-3-11-4-7-13/h11H,2-9H2,1H3,(H,12,14). The Morgan fingerprint density at radius 1 is 1.47 bits per heavy atom. The highest BCUT2D eigenvalue weighted by molar-refractivity contribution is 5.75. The van der Waals surface area contributed by atoms with Crippen LogP contribution in [-0.4, -0.2) is 63.8 Å². The van der Waals surface area contributed by atoms with Crippen LogP contribution in [0.3, 0.4) is 0 Å². The van der Waals surface area contributed by atoms with Crippen LogP contribution in [0.25, 0.3) is 0 Å². The summed E-state index contributed by atoms with van der Waals surface area (Å²) >= 11 is 0. The molecule has 0 aromatic heterocycles. The molecule has 1 aliphatic heterocycles. The molecule has 88 valence electrons. The summed E-state index contributed by atoms with van der Waals surface area (Å²) in [6, 6.07) is 0. The van der Waals surface area contributed by atoms with Gasteiger partial charge in [0.1, 0.15) is 0 Å². The molecule has 0 spiro atoms. The lowest BCUT2D eigenvalue weighted by atomic mass is 10.3. The van der Waals surface area contributed by atoms with Crippen molar-refractivity contribution in [3.63, 3.8) is 0 Å². The number of hydrogen-bond acceptors (Lipinski definition) is 4. The van der Waals surface area contributed by atoms with Crippen molar-refractivity contribution in [2.75, 3.05) is 53.0 Å². The molecule has 5 heteroatoms. The molecular formula is C10H21N3O2. The molecule has 15 heavy (non-hydrogen) atoms. The zero-order valence-electron chi connectivity index (χ0n) is 9.42. The summed E-state index contributed by atoms with van der Waals surface area (Å²) < 4.78 is 4.83. The lowest BCUT2D eigenvalue weighted by Crippen LogP contribution is -2.46. The first-order valence-corrected chi connectivity index (χ1v) is 5.51. The fourth-order valence-corrected chi connectivity index (χ4v) is 1.57. The Labute approximate surface area is 91.2 Å². The summed E-state index contributed by atoms with van der Waals surface area (Å²) in [6.07, 6.45) is 0.456. The molecule has 0 unspecified atom stereocenters. The molecule has 1 fully saturated rings. The molecule has 1 amide bonds. The zero-order valence-corrected chi connectivity index (χ0v) is 9.42. The Morgan fingerprint density at radius 2 is 2.20 bits per heavy atom. The van der Waals surface area contributed by atoms with Crippen LogP contribution in [0.4, 0.5) is 0 Å². The van der Waals surface area contributed by atoms with Crippen LogP contribution >= 0.6 is 0 Å². The fourth-order valence-electron chi connectivity index (χ4n) is 1.57. The third-order valence-electron chi connectivity index (χ3n) is 2.49. The second kappa shape index (κ2) is 7.62. The molecule has 0 bridgehead atoms. The monoisotopic (exact) mass is 215 g/mol. The van der Waals surface area contributed by atoms with Crippen LogP contribution in [0, 0.1) is 0 Å². The summed E-state index contributed by atoms with van der Waals surface area (Å²) in [5, 5.41) is 6.18. The Hall–Kier alpha value is -0.650. The Morgan fingerprint density at radius 3 is 2.87 bits per heavy atom. The molecule has 0 aliphatic carbocycles. The van der Waals surface area contributed by atoms with E-state index in [4.69, 9.17) is 4.74 Å². The number of ether oxygens (including phenoxy) is 1. The number of piperazine rings is 1. The molecule has 0 radical (unpaired) electrons. The van der Waals surface area contributed by atoms with Gasteiger partial charge in [-0.3, -0.25) is 9.69 Å². The van der Waals surface area contributed by atoms with Gasteiger partial charge in [0, 0.05) is 52.8 Å². The normalized spacial score (nSPS) is 17.7. The lowest BCUT2D eigenvalue weighted by molar-refractivity contribution is -0.122. The first kappa shape index (κ1) is 12.4. The highest BCUT2D eigenvalue weighted by Gasteiger charge is 2.08. The Balaban J connectivity index is 1.97. The van der Waals surface area contributed by atoms with Crippen molar-refractivity contribution in [2.45, 2.75) is 6.42 Å². The van der Waals surface area contributed by atoms with Gasteiger partial charge in [0.15, 0.2) is 0 Å². The Bertz CT molecular complexity index is 182. The van der Waals surface area contributed by atoms with E-state index in [2.05, 4.69) is 15.5 Å². The van der Waals surface area contributed by atoms with Gasteiger partial charge in [-0.25, -0.2) is 0 Å². The molecule has 0 aromatic carbocycles. The molecule has 0 aromatic rings. The minimum absolute atomic E-state index is 0.0759. The molecule has 2 N–H and O–H groups in total. The highest BCUT2D eigenvalue weighted by Crippen LogP contribution is 1.90. The summed E-state index contributed by atoms with van der Waals surface area (Å²) in [6.45, 7) is 6.44. The number of amides is 1. The van der Waals surface area contributed by atoms with Crippen molar-refractivity contribution in [1.82, 2.24) is 15.5 Å². The van der Waals surface area contributed by atoms with Crippen LogP contribution in [0.15, 0.2) is 0 Å². The van der Waals surface area contributed by atoms with Crippen molar-refractivity contribution in [3.05, 3.63) is 0 Å². The molecular weight excluding hydrogens is 194 g/mol. The Kier molecular flexibility index (Phi) is 6.31. The number of hydrogen-bond donors (Lipinski definition) is 2. The van der Waals surface area contributed by atoms with E-state index in [-0.39, 0.29) is 5.91 Å². The van der Waals surface area contributed by atoms with Gasteiger partial charge >= 0.3 is 0 Å². The average Bonchev–Trinajstić information content (AvgIpc) is 2.28. The van der Waals surface area contributed by atoms with Gasteiger partial charge in [-0.2, -0.15) is 0 Å². The van der Waals surface area contributed by atoms with Crippen LogP contribution in [0.2, 0.25) is 0 Å². The average molecular weight is 215 g/mol. The van der Waals surface area contributed by atoms with Gasteiger partial charge in [-0.1, -0.05) is 0 Å². The zero-order chi connectivity index (χ0) is 10.9. The number of methoxy groups -OCH3 is 1. The van der Waals surface area contributed by atoms with Gasteiger partial charge in [-0.05, 0) is 0 Å². The van der Waals surface area contributed by atoms with Crippen molar-refractivity contribution in [2.24, 2.45) is 0 Å². The number of carbonyl (C=O) groups is 1. The van der Waals surface area contributed by atoms with Crippen LogP contribution in [-0.2, 0) is 9.53 Å². The van der Waals surface area contributed by atoms with Crippen LogP contribution in [0.5, 0.6) is 0 Å². The number of nitrogens with zero attached hydrogens (tertiary/aromatic N) is 1. The number of rotatable bonds is 6. The summed E-state index contributed by atoms with van der Waals surface area (Å²) in [5.74, 6) is 0.0759. The van der Waals surface area contributed by atoms with E-state index in [1.807, 2.05) is 0 Å². The number of carbonyl (C=O) groups excluding carboxylic acids is 1. The van der Waals surface area contributed by atoms with Gasteiger partial charge in [0.25, 0.3) is 0 Å². The maximum Gasteiger partial charge on any atom is 0.222 e. The van der Waals surface area contributed by atoms with E-state index in [1.54, 1.807) is 7.11 Å². The topological polar surface area (TPSA) is 53.6 Å². The smallest absolute Gasteiger partial charge is 0.222 e. The van der Waals surface area contributed by atoms with Gasteiger partial charge in [-0.15, -0.1) is 0 Å². The largest absolute Gasteiger partial charge is 0.384 e. The molecule has 0 atom stereocenters. The second-order valence-electron chi connectivity index (χ2n) is 3.68. The maximum absolute atomic E-state index is 11.2. The van der Waals surface area contributed by atoms with E-state index < -0.39 is 0 Å². The summed E-state index contributed by atoms with van der Waals surface area (Å²) in [5.41, 5.74) is 0. The molecule has 0 saturated carbocycles. The fraction of sp³-hybridized carbons (Fsp3) is 0.900. The van der Waals surface area contributed by atoms with Crippen LogP contribution in [0.1, 0.15) is 6.42 Å². The van der Waals surface area contributed by atoms with Crippen LogP contribution < -0.4 is 10.6 Å². The summed E-state index contributed by atoms with van der Waals surface area (Å²) in [7, 11) is 1.61. The van der Waals surface area contributed by atoms with Gasteiger partial charge in [0.2, 0.25) is 5.91 Å². The van der Waals surface area contributed by atoms with E-state index in [0.717, 1.165) is 39.3 Å². The van der Waals surface area contributed by atoms with E-state index in [9.17, 15) is 4.79 Å².